The summed E-state index contributed by atoms with van der Waals surface area (Å²) in [6, 6.07) is 4.44. The number of benzene rings is 1. The highest BCUT2D eigenvalue weighted by atomic mass is 35.5. The van der Waals surface area contributed by atoms with Gasteiger partial charge in [-0.25, -0.2) is 0 Å². The molecule has 54 valence electrons. The highest BCUT2D eigenvalue weighted by Crippen LogP contribution is 2.01. The third-order valence-corrected chi connectivity index (χ3v) is 1.46. The Morgan fingerprint density at radius 1 is 1.27 bits per heavy atom. The molecule has 2 N–H and O–H groups in total. The van der Waals surface area contributed by atoms with Crippen LogP contribution in [0.1, 0.15) is 0 Å². The third-order valence-electron chi connectivity index (χ3n) is 1.24. The van der Waals surface area contributed by atoms with Crippen LogP contribution in [0.2, 0.25) is 5.02 Å². The van der Waals surface area contributed by atoms with Gasteiger partial charge in [0.15, 0.2) is 0 Å². The maximum Gasteiger partial charge on any atom is 0.488 e. The van der Waals surface area contributed by atoms with Crippen LogP contribution < -0.4 is 10.9 Å². The van der Waals surface area contributed by atoms with Crippen molar-refractivity contribution in [2.45, 2.75) is 0 Å². The molecule has 0 unspecified atom stereocenters. The van der Waals surface area contributed by atoms with Crippen LogP contribution in [0.5, 0.6) is 0 Å². The van der Waals surface area contributed by atoms with Crippen molar-refractivity contribution in [2.24, 2.45) is 0 Å². The van der Waals surface area contributed by atoms with Gasteiger partial charge in [0, 0.05) is 5.02 Å². The topological polar surface area (TPSA) is 40.5 Å². The molecule has 0 saturated heterocycles. The van der Waals surface area contributed by atoms with Crippen LogP contribution in [0.25, 0.3) is 0 Å². The van der Waals surface area contributed by atoms with Gasteiger partial charge in [-0.15, -0.1) is 0 Å². The van der Waals surface area contributed by atoms with E-state index in [1.165, 1.54) is 18.2 Å². The summed E-state index contributed by atoms with van der Waals surface area (Å²) in [5.74, 6) is 0. The summed E-state index contributed by atoms with van der Waals surface area (Å²) < 4.78 is 0. The van der Waals surface area contributed by atoms with Crippen LogP contribution in [0, 0.1) is 0 Å². The number of halogens is 1. The monoisotopic (exact) mass is 166 g/mol. The van der Waals surface area contributed by atoms with Crippen LogP contribution >= 0.6 is 11.6 Å². The fourth-order valence-corrected chi connectivity index (χ4v) is 1.04. The normalized spacial score (nSPS) is 9.73. The van der Waals surface area contributed by atoms with E-state index in [4.69, 9.17) is 29.5 Å². The van der Waals surface area contributed by atoms with Gasteiger partial charge < -0.3 is 10.0 Å². The molecule has 11 heavy (non-hydrogen) atoms. The predicted molar refractivity (Wildman–Crippen MR) is 46.7 cm³/mol. The maximum absolute atomic E-state index is 8.71. The molecule has 2 radical (unpaired) electrons. The summed E-state index contributed by atoms with van der Waals surface area (Å²) in [6.07, 6.45) is 0. The van der Waals surface area contributed by atoms with Gasteiger partial charge in [-0.3, -0.25) is 0 Å². The first-order valence-electron chi connectivity index (χ1n) is 3.01. The zero-order chi connectivity index (χ0) is 8.43. The lowest BCUT2D eigenvalue weighted by atomic mass is 9.77. The number of hydrogen-bond acceptors (Lipinski definition) is 2. The van der Waals surface area contributed by atoms with Gasteiger partial charge in [0.05, 0.1) is 0 Å². The lowest BCUT2D eigenvalue weighted by Crippen LogP contribution is -2.32. The molecule has 0 aliphatic rings. The molecule has 0 bridgehead atoms. The molecule has 1 aromatic carbocycles. The van der Waals surface area contributed by atoms with Crippen molar-refractivity contribution in [3.63, 3.8) is 0 Å². The SMILES string of the molecule is [B]c1cc(Cl)cc(B(O)O)c1. The molecule has 0 heterocycles. The van der Waals surface area contributed by atoms with Crippen LogP contribution in [-0.2, 0) is 0 Å². The van der Waals surface area contributed by atoms with E-state index in [9.17, 15) is 0 Å². The van der Waals surface area contributed by atoms with Crippen LogP contribution in [0.3, 0.4) is 0 Å². The van der Waals surface area contributed by atoms with E-state index in [-0.39, 0.29) is 0 Å². The average molecular weight is 166 g/mol. The molecular formula is C6H5B2ClO2. The highest BCUT2D eigenvalue weighted by molar-refractivity contribution is 6.59. The van der Waals surface area contributed by atoms with E-state index >= 15 is 0 Å². The van der Waals surface area contributed by atoms with E-state index in [1.54, 1.807) is 0 Å². The second-order valence-electron chi connectivity index (χ2n) is 2.19. The minimum absolute atomic E-state index is 0.301. The maximum atomic E-state index is 8.71. The zero-order valence-electron chi connectivity index (χ0n) is 5.66. The van der Waals surface area contributed by atoms with E-state index in [1.807, 2.05) is 0 Å². The fourth-order valence-electron chi connectivity index (χ4n) is 0.785. The van der Waals surface area contributed by atoms with Crippen LogP contribution in [0.4, 0.5) is 0 Å². The van der Waals surface area contributed by atoms with Gasteiger partial charge in [0.2, 0.25) is 0 Å². The summed E-state index contributed by atoms with van der Waals surface area (Å²) in [5, 5.41) is 17.8. The Kier molecular flexibility index (Phi) is 2.60. The first-order chi connectivity index (χ1) is 5.09. The van der Waals surface area contributed by atoms with Crippen LogP contribution in [-0.4, -0.2) is 25.0 Å². The molecule has 0 atom stereocenters. The van der Waals surface area contributed by atoms with Crippen LogP contribution in [0.15, 0.2) is 18.2 Å². The largest absolute Gasteiger partial charge is 0.488 e. The lowest BCUT2D eigenvalue weighted by Gasteiger charge is -2.01. The Hall–Kier alpha value is -0.440. The van der Waals surface area contributed by atoms with E-state index in [2.05, 4.69) is 0 Å². The van der Waals surface area contributed by atoms with Crippen molar-refractivity contribution >= 4 is 37.5 Å². The molecule has 0 saturated carbocycles. The van der Waals surface area contributed by atoms with Crippen molar-refractivity contribution in [1.29, 1.82) is 0 Å². The Morgan fingerprint density at radius 2 is 1.91 bits per heavy atom. The van der Waals surface area contributed by atoms with Gasteiger partial charge in [-0.1, -0.05) is 29.2 Å². The molecular weight excluding hydrogens is 161 g/mol. The number of hydrogen-bond donors (Lipinski definition) is 2. The van der Waals surface area contributed by atoms with Gasteiger partial charge in [0.1, 0.15) is 7.85 Å². The van der Waals surface area contributed by atoms with E-state index in [0.29, 0.717) is 15.9 Å². The van der Waals surface area contributed by atoms with Crippen molar-refractivity contribution < 1.29 is 10.0 Å². The zero-order valence-corrected chi connectivity index (χ0v) is 6.42. The first-order valence-corrected chi connectivity index (χ1v) is 3.39. The second-order valence-corrected chi connectivity index (χ2v) is 2.63. The molecule has 0 aliphatic heterocycles. The second kappa shape index (κ2) is 3.30. The molecule has 0 aliphatic carbocycles. The van der Waals surface area contributed by atoms with Crippen molar-refractivity contribution in [2.75, 3.05) is 0 Å². The highest BCUT2D eigenvalue weighted by Gasteiger charge is 2.10. The summed E-state index contributed by atoms with van der Waals surface area (Å²) >= 11 is 5.59. The van der Waals surface area contributed by atoms with Gasteiger partial charge in [0.25, 0.3) is 0 Å². The van der Waals surface area contributed by atoms with Gasteiger partial charge >= 0.3 is 7.12 Å². The lowest BCUT2D eigenvalue weighted by molar-refractivity contribution is 0.426. The minimum atomic E-state index is -1.52. The van der Waals surface area contributed by atoms with Gasteiger partial charge in [-0.05, 0) is 11.5 Å². The third kappa shape index (κ3) is 2.26. The molecule has 1 rings (SSSR count). The average Bonchev–Trinajstić information content (AvgIpc) is 1.85. The van der Waals surface area contributed by atoms with Crippen molar-refractivity contribution in [1.82, 2.24) is 0 Å². The summed E-state index contributed by atoms with van der Waals surface area (Å²) in [4.78, 5) is 0. The first kappa shape index (κ1) is 8.65. The summed E-state index contributed by atoms with van der Waals surface area (Å²) in [5.41, 5.74) is 0.718. The minimum Gasteiger partial charge on any atom is -0.423 e. The Labute approximate surface area is 71.4 Å². The standard InChI is InChI=1S/C6H5B2ClO2/c7-4-1-5(8(10)11)3-6(9)2-4/h1-3,10-11H. The Bertz CT molecular complexity index is 245. The molecule has 0 aromatic heterocycles. The Morgan fingerprint density at radius 3 is 2.36 bits per heavy atom. The number of rotatable bonds is 1. The molecule has 1 aromatic rings. The Balaban J connectivity index is 3.08. The molecule has 2 nitrogen and oxygen atoms in total. The summed E-state index contributed by atoms with van der Waals surface area (Å²) in [7, 11) is 3.87. The molecule has 0 fully saturated rings. The van der Waals surface area contributed by atoms with Crippen molar-refractivity contribution in [3.05, 3.63) is 23.2 Å². The molecule has 0 amide bonds. The summed E-state index contributed by atoms with van der Waals surface area (Å²) in [6.45, 7) is 0. The van der Waals surface area contributed by atoms with Gasteiger partial charge in [-0.2, -0.15) is 0 Å². The molecule has 0 spiro atoms. The van der Waals surface area contributed by atoms with E-state index < -0.39 is 7.12 Å². The predicted octanol–water partition coefficient (Wildman–Crippen LogP) is -1.19. The van der Waals surface area contributed by atoms with Crippen molar-refractivity contribution in [3.8, 4) is 0 Å². The van der Waals surface area contributed by atoms with E-state index in [0.717, 1.165) is 0 Å². The molecule has 5 heteroatoms. The fraction of sp³-hybridized carbons (Fsp3) is 0. The smallest absolute Gasteiger partial charge is 0.423 e. The quantitative estimate of drug-likeness (QED) is 0.515.